The monoisotopic (exact) mass is 436 g/mol. The van der Waals surface area contributed by atoms with Gasteiger partial charge in [0.2, 0.25) is 10.0 Å². The third-order valence-electron chi connectivity index (χ3n) is 4.80. The molecule has 2 fully saturated rings. The van der Waals surface area contributed by atoms with Gasteiger partial charge in [-0.15, -0.1) is 0 Å². The van der Waals surface area contributed by atoms with Crippen LogP contribution >= 0.6 is 15.9 Å². The molecule has 1 aliphatic heterocycles. The largest absolute Gasteiger partial charge is 0.366 e. The Kier molecular flexibility index (Phi) is 4.98. The molecule has 4 rings (SSSR count). The Morgan fingerprint density at radius 2 is 1.88 bits per heavy atom. The fraction of sp³-hybridized carbons (Fsp3) is 0.444. The van der Waals surface area contributed by atoms with E-state index in [0.717, 1.165) is 41.8 Å². The highest BCUT2D eigenvalue weighted by molar-refractivity contribution is 9.10. The third-order valence-corrected chi connectivity index (χ3v) is 7.21. The molecule has 1 unspecified atom stereocenters. The second-order valence-electron chi connectivity index (χ2n) is 6.87. The Morgan fingerprint density at radius 3 is 2.62 bits per heavy atom. The first kappa shape index (κ1) is 17.9. The van der Waals surface area contributed by atoms with Crippen LogP contribution in [0.25, 0.3) is 0 Å². The molecule has 2 aliphatic rings. The van der Waals surface area contributed by atoms with E-state index in [1.807, 2.05) is 6.07 Å². The van der Waals surface area contributed by atoms with Crippen LogP contribution in [-0.4, -0.2) is 41.8 Å². The highest BCUT2D eigenvalue weighted by Gasteiger charge is 2.31. The summed E-state index contributed by atoms with van der Waals surface area (Å²) >= 11 is 3.34. The maximum Gasteiger partial charge on any atom is 0.243 e. The zero-order valence-electron chi connectivity index (χ0n) is 14.3. The van der Waals surface area contributed by atoms with Crippen molar-refractivity contribution in [2.45, 2.75) is 42.5 Å². The minimum atomic E-state index is -3.48. The van der Waals surface area contributed by atoms with Crippen LogP contribution in [0.1, 0.15) is 37.4 Å². The van der Waals surface area contributed by atoms with Crippen molar-refractivity contribution >= 4 is 31.8 Å². The number of aromatic nitrogens is 2. The van der Waals surface area contributed by atoms with Crippen LogP contribution in [-0.2, 0) is 10.0 Å². The molecule has 1 N–H and O–H groups in total. The molecule has 0 spiro atoms. The maximum atomic E-state index is 12.9. The number of halogens is 1. The van der Waals surface area contributed by atoms with Crippen molar-refractivity contribution in [2.24, 2.45) is 0 Å². The summed E-state index contributed by atoms with van der Waals surface area (Å²) in [5.41, 5.74) is 0. The molecule has 2 aromatic rings. The number of hydrogen-bond donors (Lipinski definition) is 1. The molecule has 2 heterocycles. The SMILES string of the molecule is O=S(=O)(c1ccc(Br)cc1)N1CCCC(Nc2ccnc(C3CC3)n2)C1. The summed E-state index contributed by atoms with van der Waals surface area (Å²) < 4.78 is 28.2. The maximum absolute atomic E-state index is 12.9. The van der Waals surface area contributed by atoms with Gasteiger partial charge in [0, 0.05) is 35.7 Å². The second kappa shape index (κ2) is 7.25. The average Bonchev–Trinajstić information content (AvgIpc) is 3.48. The number of nitrogens with one attached hydrogen (secondary N) is 1. The number of benzene rings is 1. The minimum absolute atomic E-state index is 0.0518. The van der Waals surface area contributed by atoms with Crippen LogP contribution in [0.4, 0.5) is 5.82 Å². The van der Waals surface area contributed by atoms with E-state index in [0.29, 0.717) is 23.9 Å². The minimum Gasteiger partial charge on any atom is -0.366 e. The molecule has 138 valence electrons. The van der Waals surface area contributed by atoms with E-state index >= 15 is 0 Å². The van der Waals surface area contributed by atoms with E-state index < -0.39 is 10.0 Å². The zero-order chi connectivity index (χ0) is 18.1. The smallest absolute Gasteiger partial charge is 0.243 e. The first-order valence-corrected chi connectivity index (χ1v) is 11.1. The molecule has 1 saturated heterocycles. The first-order valence-electron chi connectivity index (χ1n) is 8.87. The Hall–Kier alpha value is -1.51. The Bertz CT molecular complexity index is 884. The van der Waals surface area contributed by atoms with Crippen LogP contribution < -0.4 is 5.32 Å². The van der Waals surface area contributed by atoms with Gasteiger partial charge < -0.3 is 5.32 Å². The molecule has 26 heavy (non-hydrogen) atoms. The van der Waals surface area contributed by atoms with Crippen LogP contribution in [0.3, 0.4) is 0 Å². The van der Waals surface area contributed by atoms with Crippen molar-refractivity contribution in [3.05, 3.63) is 46.8 Å². The van der Waals surface area contributed by atoms with Crippen molar-refractivity contribution in [3.63, 3.8) is 0 Å². The highest BCUT2D eigenvalue weighted by atomic mass is 79.9. The van der Waals surface area contributed by atoms with E-state index in [1.165, 1.54) is 0 Å². The van der Waals surface area contributed by atoms with Gasteiger partial charge in [-0.2, -0.15) is 4.31 Å². The number of piperidine rings is 1. The van der Waals surface area contributed by atoms with Gasteiger partial charge in [0.15, 0.2) is 0 Å². The number of sulfonamides is 1. The third kappa shape index (κ3) is 3.92. The van der Waals surface area contributed by atoms with Crippen molar-refractivity contribution in [3.8, 4) is 0 Å². The quantitative estimate of drug-likeness (QED) is 0.777. The van der Waals surface area contributed by atoms with Gasteiger partial charge in [-0.05, 0) is 56.0 Å². The number of hydrogen-bond acceptors (Lipinski definition) is 5. The normalized spacial score (nSPS) is 21.5. The fourth-order valence-corrected chi connectivity index (χ4v) is 5.02. The fourth-order valence-electron chi connectivity index (χ4n) is 3.24. The Balaban J connectivity index is 1.47. The molecule has 1 saturated carbocycles. The lowest BCUT2D eigenvalue weighted by Crippen LogP contribution is -2.45. The second-order valence-corrected chi connectivity index (χ2v) is 9.73. The molecule has 1 aliphatic carbocycles. The number of nitrogens with zero attached hydrogens (tertiary/aromatic N) is 3. The average molecular weight is 437 g/mol. The van der Waals surface area contributed by atoms with Gasteiger partial charge in [0.05, 0.1) is 4.90 Å². The van der Waals surface area contributed by atoms with E-state index in [-0.39, 0.29) is 6.04 Å². The molecule has 6 nitrogen and oxygen atoms in total. The molecule has 1 atom stereocenters. The highest BCUT2D eigenvalue weighted by Crippen LogP contribution is 2.38. The van der Waals surface area contributed by atoms with Gasteiger partial charge in [0.1, 0.15) is 11.6 Å². The summed E-state index contributed by atoms with van der Waals surface area (Å²) in [4.78, 5) is 9.26. The summed E-state index contributed by atoms with van der Waals surface area (Å²) in [6, 6.07) is 8.70. The molecule has 0 bridgehead atoms. The van der Waals surface area contributed by atoms with E-state index in [4.69, 9.17) is 0 Å². The van der Waals surface area contributed by atoms with Gasteiger partial charge in [-0.1, -0.05) is 15.9 Å². The zero-order valence-corrected chi connectivity index (χ0v) is 16.7. The molecular formula is C18H21BrN4O2S. The topological polar surface area (TPSA) is 75.2 Å². The molecule has 0 radical (unpaired) electrons. The van der Waals surface area contributed by atoms with Crippen molar-refractivity contribution in [2.75, 3.05) is 18.4 Å². The lowest BCUT2D eigenvalue weighted by atomic mass is 10.1. The van der Waals surface area contributed by atoms with Crippen LogP contribution in [0.2, 0.25) is 0 Å². The molecule has 1 aromatic heterocycles. The molecule has 0 amide bonds. The summed E-state index contributed by atoms with van der Waals surface area (Å²) in [5, 5.41) is 3.40. The van der Waals surface area contributed by atoms with Crippen molar-refractivity contribution in [1.82, 2.24) is 14.3 Å². The predicted octanol–water partition coefficient (Wildman–Crippen LogP) is 3.38. The molecule has 8 heteroatoms. The first-order chi connectivity index (χ1) is 12.5. The van der Waals surface area contributed by atoms with Crippen LogP contribution in [0, 0.1) is 0 Å². The van der Waals surface area contributed by atoms with E-state index in [9.17, 15) is 8.42 Å². The summed E-state index contributed by atoms with van der Waals surface area (Å²) in [6.07, 6.45) is 5.85. The number of rotatable bonds is 5. The van der Waals surface area contributed by atoms with Gasteiger partial charge in [-0.3, -0.25) is 0 Å². The molecule has 1 aromatic carbocycles. The van der Waals surface area contributed by atoms with Gasteiger partial charge >= 0.3 is 0 Å². The van der Waals surface area contributed by atoms with Crippen molar-refractivity contribution < 1.29 is 8.42 Å². The Morgan fingerprint density at radius 1 is 1.12 bits per heavy atom. The standard InChI is InChI=1S/C18H21BrN4O2S/c19-14-5-7-16(8-6-14)26(24,25)23-11-1-2-15(12-23)21-17-9-10-20-18(22-17)13-3-4-13/h5-10,13,15H,1-4,11-12H2,(H,20,21,22). The summed E-state index contributed by atoms with van der Waals surface area (Å²) in [6.45, 7) is 0.995. The lowest BCUT2D eigenvalue weighted by Gasteiger charge is -2.32. The molecular weight excluding hydrogens is 416 g/mol. The van der Waals surface area contributed by atoms with E-state index in [1.54, 1.807) is 34.8 Å². The van der Waals surface area contributed by atoms with Gasteiger partial charge in [0.25, 0.3) is 0 Å². The number of anilines is 1. The summed E-state index contributed by atoms with van der Waals surface area (Å²) in [5.74, 6) is 2.18. The predicted molar refractivity (Wildman–Crippen MR) is 104 cm³/mol. The van der Waals surface area contributed by atoms with Crippen LogP contribution in [0.15, 0.2) is 45.9 Å². The lowest BCUT2D eigenvalue weighted by molar-refractivity contribution is 0.326. The van der Waals surface area contributed by atoms with E-state index in [2.05, 4.69) is 31.2 Å². The Labute approximate surface area is 162 Å². The van der Waals surface area contributed by atoms with Crippen molar-refractivity contribution in [1.29, 1.82) is 0 Å². The summed E-state index contributed by atoms with van der Waals surface area (Å²) in [7, 11) is -3.48. The van der Waals surface area contributed by atoms with Gasteiger partial charge in [-0.25, -0.2) is 18.4 Å². The van der Waals surface area contributed by atoms with Crippen LogP contribution in [0.5, 0.6) is 0 Å².